The number of hydrogen-bond acceptors (Lipinski definition) is 6. The summed E-state index contributed by atoms with van der Waals surface area (Å²) >= 11 is 7.32. The molecule has 0 saturated carbocycles. The normalized spacial score (nSPS) is 16.0. The lowest BCUT2D eigenvalue weighted by molar-refractivity contribution is 0.475. The molecule has 118 valence electrons. The van der Waals surface area contributed by atoms with Crippen molar-refractivity contribution in [1.82, 2.24) is 10.0 Å². The van der Waals surface area contributed by atoms with Crippen molar-refractivity contribution in [2.45, 2.75) is 17.9 Å². The van der Waals surface area contributed by atoms with E-state index in [0.717, 1.165) is 30.1 Å². The van der Waals surface area contributed by atoms with E-state index in [9.17, 15) is 5.11 Å². The summed E-state index contributed by atoms with van der Waals surface area (Å²) in [4.78, 5) is 5.24. The molecule has 0 bridgehead atoms. The van der Waals surface area contributed by atoms with E-state index in [2.05, 4.69) is 38.5 Å². The van der Waals surface area contributed by atoms with Gasteiger partial charge in [-0.3, -0.25) is 4.72 Å². The highest BCUT2D eigenvalue weighted by Gasteiger charge is 2.17. The summed E-state index contributed by atoms with van der Waals surface area (Å²) in [7, 11) is 0. The van der Waals surface area contributed by atoms with E-state index in [0.29, 0.717) is 16.7 Å². The Kier molecular flexibility index (Phi) is 3.80. The molecule has 23 heavy (non-hydrogen) atoms. The first-order chi connectivity index (χ1) is 11.2. The highest BCUT2D eigenvalue weighted by atomic mass is 35.5. The van der Waals surface area contributed by atoms with Gasteiger partial charge in [0.1, 0.15) is 11.4 Å². The van der Waals surface area contributed by atoms with Gasteiger partial charge in [-0.1, -0.05) is 17.7 Å². The largest absolute Gasteiger partial charge is 0.506 e. The number of phenolic OH excluding ortho intramolecular Hbond substituents is 1. The summed E-state index contributed by atoms with van der Waals surface area (Å²) in [6, 6.07) is 9.61. The molecule has 0 aliphatic carbocycles. The topological polar surface area (TPSA) is 68.7 Å². The molecule has 4 rings (SSSR count). The zero-order chi connectivity index (χ0) is 15.8. The molecule has 4 N–H and O–H groups in total. The lowest BCUT2D eigenvalue weighted by Crippen LogP contribution is -2.27. The Labute approximate surface area is 143 Å². The van der Waals surface area contributed by atoms with E-state index in [1.807, 2.05) is 0 Å². The van der Waals surface area contributed by atoms with Crippen molar-refractivity contribution >= 4 is 40.9 Å². The number of halogens is 1. The van der Waals surface area contributed by atoms with Gasteiger partial charge in [0.2, 0.25) is 5.96 Å². The Morgan fingerprint density at radius 3 is 3.04 bits per heavy atom. The van der Waals surface area contributed by atoms with Crippen molar-refractivity contribution in [3.05, 3.63) is 46.5 Å². The molecular weight excluding hydrogens is 332 g/mol. The predicted octanol–water partition coefficient (Wildman–Crippen LogP) is 3.40. The van der Waals surface area contributed by atoms with Crippen LogP contribution in [0.5, 0.6) is 5.75 Å². The van der Waals surface area contributed by atoms with Crippen molar-refractivity contribution in [2.24, 2.45) is 4.99 Å². The lowest BCUT2D eigenvalue weighted by Gasteiger charge is -2.21. The van der Waals surface area contributed by atoms with E-state index < -0.39 is 0 Å². The van der Waals surface area contributed by atoms with Gasteiger partial charge in [-0.05, 0) is 54.2 Å². The number of anilines is 1. The summed E-state index contributed by atoms with van der Waals surface area (Å²) in [5.41, 5.74) is 4.19. The number of nitrogens with zero attached hydrogens (tertiary/aromatic N) is 1. The predicted molar refractivity (Wildman–Crippen MR) is 94.7 cm³/mol. The van der Waals surface area contributed by atoms with Gasteiger partial charge in [0.05, 0.1) is 4.90 Å². The molecule has 2 aliphatic rings. The molecule has 0 radical (unpaired) electrons. The number of hydrogen-bond donors (Lipinski definition) is 4. The maximum atomic E-state index is 10.0. The number of aromatic hydroxyl groups is 1. The number of nitrogens with one attached hydrogen (secondary N) is 3. The first kappa shape index (κ1) is 14.7. The summed E-state index contributed by atoms with van der Waals surface area (Å²) in [6.45, 7) is 1.92. The summed E-state index contributed by atoms with van der Waals surface area (Å²) in [5, 5.41) is 17.1. The standard InChI is InChI=1S/C16H15ClN4OS/c17-11-6-13(22)15-14(7-11)23-21-16(20-15)19-12-2-1-9-3-4-18-8-10(9)5-12/h1-2,5-7,18,22H,3-4,8H2,(H2,19,20,21). The van der Waals surface area contributed by atoms with Crippen LogP contribution in [-0.2, 0) is 13.0 Å². The van der Waals surface area contributed by atoms with Crippen molar-refractivity contribution in [2.75, 3.05) is 11.9 Å². The van der Waals surface area contributed by atoms with Crippen LogP contribution >= 0.6 is 23.5 Å². The van der Waals surface area contributed by atoms with E-state index in [1.165, 1.54) is 29.1 Å². The molecule has 0 unspecified atom stereocenters. The fourth-order valence-electron chi connectivity index (χ4n) is 2.74. The van der Waals surface area contributed by atoms with Gasteiger partial charge in [-0.15, -0.1) is 0 Å². The molecule has 5 nitrogen and oxygen atoms in total. The Morgan fingerprint density at radius 1 is 1.22 bits per heavy atom. The van der Waals surface area contributed by atoms with Crippen LogP contribution < -0.4 is 15.4 Å². The minimum atomic E-state index is 0.0791. The van der Waals surface area contributed by atoms with Gasteiger partial charge in [-0.2, -0.15) is 0 Å². The van der Waals surface area contributed by atoms with Crippen LogP contribution in [0.25, 0.3) is 0 Å². The molecule has 2 heterocycles. The van der Waals surface area contributed by atoms with Crippen LogP contribution in [0.4, 0.5) is 11.4 Å². The summed E-state index contributed by atoms with van der Waals surface area (Å²) in [5.74, 6) is 0.666. The van der Waals surface area contributed by atoms with Gasteiger partial charge in [0.15, 0.2) is 0 Å². The molecule has 0 amide bonds. The smallest absolute Gasteiger partial charge is 0.211 e. The zero-order valence-electron chi connectivity index (χ0n) is 12.2. The number of aliphatic imine (C=N–C) groups is 1. The number of rotatable bonds is 1. The summed E-state index contributed by atoms with van der Waals surface area (Å²) < 4.78 is 3.13. The molecule has 0 spiro atoms. The third kappa shape index (κ3) is 2.97. The molecule has 2 aliphatic heterocycles. The van der Waals surface area contributed by atoms with E-state index in [-0.39, 0.29) is 5.75 Å². The number of benzene rings is 2. The molecular formula is C16H15ClN4OS. The van der Waals surface area contributed by atoms with Crippen LogP contribution in [0, 0.1) is 0 Å². The third-order valence-corrected chi connectivity index (χ3v) is 4.90. The molecule has 7 heteroatoms. The fraction of sp³-hybridized carbons (Fsp3) is 0.188. The van der Waals surface area contributed by atoms with Crippen molar-refractivity contribution in [3.63, 3.8) is 0 Å². The third-order valence-electron chi connectivity index (χ3n) is 3.86. The Balaban J connectivity index is 1.61. The number of fused-ring (bicyclic) bond motifs is 2. The average Bonchev–Trinajstić information content (AvgIpc) is 2.55. The van der Waals surface area contributed by atoms with Gasteiger partial charge < -0.3 is 15.7 Å². The molecule has 0 aromatic heterocycles. The van der Waals surface area contributed by atoms with Crippen LogP contribution in [0.15, 0.2) is 40.2 Å². The van der Waals surface area contributed by atoms with Crippen LogP contribution in [0.2, 0.25) is 5.02 Å². The fourth-order valence-corrected chi connectivity index (χ4v) is 3.75. The van der Waals surface area contributed by atoms with Gasteiger partial charge in [0.25, 0.3) is 0 Å². The molecule has 2 aromatic carbocycles. The second-order valence-electron chi connectivity index (χ2n) is 5.47. The minimum Gasteiger partial charge on any atom is -0.506 e. The maximum Gasteiger partial charge on any atom is 0.211 e. The van der Waals surface area contributed by atoms with Crippen LogP contribution in [0.1, 0.15) is 11.1 Å². The van der Waals surface area contributed by atoms with Crippen LogP contribution in [0.3, 0.4) is 0 Å². The van der Waals surface area contributed by atoms with Crippen LogP contribution in [-0.4, -0.2) is 17.6 Å². The monoisotopic (exact) mass is 346 g/mol. The van der Waals surface area contributed by atoms with Gasteiger partial charge in [0, 0.05) is 23.3 Å². The average molecular weight is 347 g/mol. The van der Waals surface area contributed by atoms with Crippen molar-refractivity contribution in [1.29, 1.82) is 0 Å². The molecule has 0 saturated heterocycles. The zero-order valence-corrected chi connectivity index (χ0v) is 13.8. The lowest BCUT2D eigenvalue weighted by atomic mass is 10.0. The van der Waals surface area contributed by atoms with E-state index in [1.54, 1.807) is 6.07 Å². The van der Waals surface area contributed by atoms with Gasteiger partial charge in [-0.25, -0.2) is 4.99 Å². The number of guanidine groups is 1. The van der Waals surface area contributed by atoms with Gasteiger partial charge >= 0.3 is 0 Å². The Bertz CT molecular complexity index is 809. The Hall–Kier alpha value is -1.89. The maximum absolute atomic E-state index is 10.0. The second kappa shape index (κ2) is 5.96. The SMILES string of the molecule is Oc1cc(Cl)cc2c1N=C(Nc1ccc3c(c1)CNCC3)NS2. The van der Waals surface area contributed by atoms with Crippen molar-refractivity contribution in [3.8, 4) is 5.75 Å². The highest BCUT2D eigenvalue weighted by molar-refractivity contribution is 7.98. The first-order valence-corrected chi connectivity index (χ1v) is 8.52. The van der Waals surface area contributed by atoms with Crippen molar-refractivity contribution < 1.29 is 5.11 Å². The number of phenols is 1. The molecule has 0 atom stereocenters. The minimum absolute atomic E-state index is 0.0791. The highest BCUT2D eigenvalue weighted by Crippen LogP contribution is 2.41. The molecule has 2 aromatic rings. The molecule has 0 fully saturated rings. The Morgan fingerprint density at radius 2 is 2.13 bits per heavy atom. The van der Waals surface area contributed by atoms with E-state index >= 15 is 0 Å². The quantitative estimate of drug-likeness (QED) is 0.596. The van der Waals surface area contributed by atoms with E-state index in [4.69, 9.17) is 11.6 Å². The second-order valence-corrected chi connectivity index (χ2v) is 6.76. The first-order valence-electron chi connectivity index (χ1n) is 7.32. The summed E-state index contributed by atoms with van der Waals surface area (Å²) in [6.07, 6.45) is 1.06.